The van der Waals surface area contributed by atoms with Crippen molar-refractivity contribution in [3.05, 3.63) is 112 Å². The Balaban J connectivity index is 1.51. The number of tetrazole rings is 1. The molecule has 0 saturated heterocycles. The zero-order valence-corrected chi connectivity index (χ0v) is 26.3. The molecule has 3 heterocycles. The molecule has 0 amide bonds. The van der Waals surface area contributed by atoms with Crippen molar-refractivity contribution >= 4 is 34.1 Å². The van der Waals surface area contributed by atoms with E-state index in [9.17, 15) is 9.59 Å². The number of Topliss-reactive ketones (excluding diaryl/α,β-unsaturated/α-hetero) is 2. The van der Waals surface area contributed by atoms with Crippen LogP contribution in [0.2, 0.25) is 5.02 Å². The van der Waals surface area contributed by atoms with Crippen molar-refractivity contribution in [3.63, 3.8) is 0 Å². The van der Waals surface area contributed by atoms with Gasteiger partial charge in [0.1, 0.15) is 0 Å². The molecule has 8 nitrogen and oxygen atoms in total. The third-order valence-corrected chi connectivity index (χ3v) is 9.31. The average Bonchev–Trinajstić information content (AvgIpc) is 3.67. The maximum atomic E-state index is 14.9. The van der Waals surface area contributed by atoms with E-state index in [0.29, 0.717) is 40.6 Å². The lowest BCUT2D eigenvalue weighted by Gasteiger charge is -2.46. The monoisotopic (exact) mass is 606 g/mol. The smallest absolute Gasteiger partial charge is 0.197 e. The van der Waals surface area contributed by atoms with Crippen LogP contribution >= 0.6 is 11.6 Å². The van der Waals surface area contributed by atoms with Crippen molar-refractivity contribution in [2.75, 3.05) is 6.54 Å². The first kappa shape index (κ1) is 28.6. The summed E-state index contributed by atoms with van der Waals surface area (Å²) in [7, 11) is 0. The SMILES string of the molecule is CC(C)(C)CC(C)(C)n1nnnc1C(c1ccc(Cl)cc1)N1CCc2c([nH]c3ccccc23)C12C(=O)c1ccccc1C2=O. The Bertz CT molecular complexity index is 1900. The Hall–Kier alpha value is -4.14. The maximum absolute atomic E-state index is 14.9. The summed E-state index contributed by atoms with van der Waals surface area (Å²) < 4.78 is 1.88. The van der Waals surface area contributed by atoms with Crippen molar-refractivity contribution in [1.29, 1.82) is 0 Å². The van der Waals surface area contributed by atoms with E-state index in [1.807, 2.05) is 64.2 Å². The Morgan fingerprint density at radius 1 is 0.909 bits per heavy atom. The summed E-state index contributed by atoms with van der Waals surface area (Å²) in [6.45, 7) is 11.3. The molecule has 0 bridgehead atoms. The van der Waals surface area contributed by atoms with Crippen LogP contribution in [0.3, 0.4) is 0 Å². The summed E-state index contributed by atoms with van der Waals surface area (Å²) in [5.41, 5.74) is 2.11. The first-order valence-electron chi connectivity index (χ1n) is 15.0. The Labute approximate surface area is 261 Å². The number of benzene rings is 3. The number of rotatable bonds is 5. The second-order valence-corrected chi connectivity index (χ2v) is 14.3. The van der Waals surface area contributed by atoms with Crippen LogP contribution in [0.4, 0.5) is 0 Å². The molecular formula is C35H35ClN6O2. The number of carbonyl (C=O) groups excluding carboxylic acids is 2. The zero-order valence-electron chi connectivity index (χ0n) is 25.6. The highest BCUT2D eigenvalue weighted by Gasteiger charge is 2.63. The highest BCUT2D eigenvalue weighted by molar-refractivity contribution is 6.33. The molecule has 44 heavy (non-hydrogen) atoms. The van der Waals surface area contributed by atoms with Gasteiger partial charge in [-0.05, 0) is 71.9 Å². The Morgan fingerprint density at radius 2 is 1.55 bits per heavy atom. The maximum Gasteiger partial charge on any atom is 0.197 e. The fraction of sp³-hybridized carbons (Fsp3) is 0.343. The molecule has 2 aliphatic rings. The molecule has 7 rings (SSSR count). The molecule has 224 valence electrons. The molecule has 0 radical (unpaired) electrons. The number of nitrogens with one attached hydrogen (secondary N) is 1. The highest BCUT2D eigenvalue weighted by Crippen LogP contribution is 2.51. The molecule has 1 N–H and O–H groups in total. The number of fused-ring (bicyclic) bond motifs is 5. The van der Waals surface area contributed by atoms with Crippen molar-refractivity contribution in [2.45, 2.75) is 64.6 Å². The average molecular weight is 607 g/mol. The lowest BCUT2D eigenvalue weighted by Crippen LogP contribution is -2.59. The summed E-state index contributed by atoms with van der Waals surface area (Å²) in [6.07, 6.45) is 1.43. The van der Waals surface area contributed by atoms with Gasteiger partial charge in [0, 0.05) is 33.6 Å². The van der Waals surface area contributed by atoms with E-state index < -0.39 is 17.1 Å². The summed E-state index contributed by atoms with van der Waals surface area (Å²) in [5.74, 6) is 0.0900. The third-order valence-electron chi connectivity index (χ3n) is 9.05. The van der Waals surface area contributed by atoms with Crippen molar-refractivity contribution < 1.29 is 9.59 Å². The standard InChI is InChI=1S/C35H35ClN6O2/c1-33(2,3)20-34(4,5)42-32(38-39-40-42)28(21-14-16-22(36)17-15-21)41-19-18-24-23-10-8-9-13-27(23)37-29(24)35(41)30(43)25-11-6-7-12-26(25)31(35)44/h6-17,28,37H,18-20H2,1-5H3. The van der Waals surface area contributed by atoms with Crippen molar-refractivity contribution in [2.24, 2.45) is 5.41 Å². The van der Waals surface area contributed by atoms with Crippen molar-refractivity contribution in [1.82, 2.24) is 30.1 Å². The Kier molecular flexibility index (Phi) is 6.47. The molecule has 1 atom stereocenters. The molecule has 0 fully saturated rings. The van der Waals surface area contributed by atoms with Crippen LogP contribution in [0.25, 0.3) is 10.9 Å². The van der Waals surface area contributed by atoms with E-state index in [2.05, 4.69) is 61.2 Å². The third kappa shape index (κ3) is 4.19. The lowest BCUT2D eigenvalue weighted by molar-refractivity contribution is 0.0307. The topological polar surface area (TPSA) is 96.8 Å². The quantitative estimate of drug-likeness (QED) is 0.219. The number of aromatic amines is 1. The van der Waals surface area contributed by atoms with E-state index in [-0.39, 0.29) is 17.0 Å². The fourth-order valence-corrected chi connectivity index (χ4v) is 7.90. The molecule has 1 unspecified atom stereocenters. The van der Waals surface area contributed by atoms with Gasteiger partial charge in [-0.2, -0.15) is 0 Å². The molecular weight excluding hydrogens is 572 g/mol. The van der Waals surface area contributed by atoms with Gasteiger partial charge in [0.25, 0.3) is 0 Å². The molecule has 0 saturated carbocycles. The number of nitrogens with zero attached hydrogens (tertiary/aromatic N) is 5. The van der Waals surface area contributed by atoms with Crippen LogP contribution in [0, 0.1) is 5.41 Å². The second kappa shape index (κ2) is 9.94. The van der Waals surface area contributed by atoms with E-state index in [4.69, 9.17) is 11.6 Å². The largest absolute Gasteiger partial charge is 0.356 e. The summed E-state index contributed by atoms with van der Waals surface area (Å²) in [6, 6.07) is 22.0. The first-order chi connectivity index (χ1) is 20.9. The number of halogens is 1. The zero-order chi connectivity index (χ0) is 31.0. The first-order valence-corrected chi connectivity index (χ1v) is 15.4. The number of carbonyl (C=O) groups is 2. The normalized spacial score (nSPS) is 17.3. The Morgan fingerprint density at radius 3 is 2.20 bits per heavy atom. The van der Waals surface area contributed by atoms with Crippen LogP contribution in [-0.2, 0) is 17.5 Å². The summed E-state index contributed by atoms with van der Waals surface area (Å²) >= 11 is 6.37. The number of para-hydroxylation sites is 1. The van der Waals surface area contributed by atoms with Crippen LogP contribution in [0.5, 0.6) is 0 Å². The highest BCUT2D eigenvalue weighted by atomic mass is 35.5. The van der Waals surface area contributed by atoms with Gasteiger partial charge in [-0.1, -0.05) is 87.0 Å². The van der Waals surface area contributed by atoms with Crippen LogP contribution in [-0.4, -0.2) is 48.2 Å². The minimum atomic E-state index is -1.63. The van der Waals surface area contributed by atoms with Crippen molar-refractivity contribution in [3.8, 4) is 0 Å². The minimum absolute atomic E-state index is 0.00682. The lowest BCUT2D eigenvalue weighted by atomic mass is 9.78. The van der Waals surface area contributed by atoms with Gasteiger partial charge >= 0.3 is 0 Å². The summed E-state index contributed by atoms with van der Waals surface area (Å²) in [4.78, 5) is 35.4. The molecule has 1 spiro atoms. The number of hydrogen-bond acceptors (Lipinski definition) is 6. The molecule has 1 aliphatic carbocycles. The van der Waals surface area contributed by atoms with Gasteiger partial charge in [0.2, 0.25) is 0 Å². The van der Waals surface area contributed by atoms with Gasteiger partial charge in [-0.15, -0.1) is 5.10 Å². The van der Waals surface area contributed by atoms with Crippen LogP contribution < -0.4 is 0 Å². The van der Waals surface area contributed by atoms with E-state index >= 15 is 0 Å². The number of ketones is 2. The molecule has 1 aliphatic heterocycles. The molecule has 3 aromatic carbocycles. The van der Waals surface area contributed by atoms with E-state index in [1.54, 1.807) is 12.1 Å². The predicted molar refractivity (Wildman–Crippen MR) is 170 cm³/mol. The molecule has 9 heteroatoms. The van der Waals surface area contributed by atoms with Crippen LogP contribution in [0.1, 0.15) is 90.4 Å². The molecule has 5 aromatic rings. The van der Waals surface area contributed by atoms with Gasteiger partial charge in [0.05, 0.1) is 17.3 Å². The van der Waals surface area contributed by atoms with Gasteiger partial charge in [-0.3, -0.25) is 14.5 Å². The number of hydrogen-bond donors (Lipinski definition) is 1. The predicted octanol–water partition coefficient (Wildman–Crippen LogP) is 6.90. The molecule has 2 aromatic heterocycles. The second-order valence-electron chi connectivity index (χ2n) is 13.8. The summed E-state index contributed by atoms with van der Waals surface area (Å²) in [5, 5.41) is 15.0. The van der Waals surface area contributed by atoms with E-state index in [1.165, 1.54) is 0 Å². The number of aromatic nitrogens is 5. The van der Waals surface area contributed by atoms with Gasteiger partial charge in [0.15, 0.2) is 22.9 Å². The van der Waals surface area contributed by atoms with Crippen LogP contribution in [0.15, 0.2) is 72.8 Å². The fourth-order valence-electron chi connectivity index (χ4n) is 7.78. The number of H-pyrrole nitrogens is 1. The van der Waals surface area contributed by atoms with Gasteiger partial charge < -0.3 is 4.98 Å². The minimum Gasteiger partial charge on any atom is -0.356 e. The van der Waals surface area contributed by atoms with E-state index in [0.717, 1.165) is 28.5 Å². The van der Waals surface area contributed by atoms with Gasteiger partial charge in [-0.25, -0.2) is 4.68 Å².